The highest BCUT2D eigenvalue weighted by Crippen LogP contribution is 2.38. The van der Waals surface area contributed by atoms with Gasteiger partial charge in [-0.25, -0.2) is 0 Å². The molecule has 0 spiro atoms. The van der Waals surface area contributed by atoms with Crippen molar-refractivity contribution >= 4 is 22.4 Å². The summed E-state index contributed by atoms with van der Waals surface area (Å²) in [5.74, 6) is 0.706. The van der Waals surface area contributed by atoms with Crippen LogP contribution in [0, 0.1) is 0 Å². The number of nitrogens with one attached hydrogen (secondary N) is 1. The molecule has 27 heavy (non-hydrogen) atoms. The van der Waals surface area contributed by atoms with Crippen LogP contribution in [0.25, 0.3) is 0 Å². The molecule has 4 rings (SSSR count). The van der Waals surface area contributed by atoms with Crippen molar-refractivity contribution in [2.24, 2.45) is 0 Å². The van der Waals surface area contributed by atoms with Crippen molar-refractivity contribution in [1.82, 2.24) is 10.2 Å². The number of carbonyl (C=O) groups excluding carboxylic acids is 1. The Morgan fingerprint density at radius 2 is 2.00 bits per heavy atom. The quantitative estimate of drug-likeness (QED) is 0.846. The molecule has 2 saturated heterocycles. The van der Waals surface area contributed by atoms with Crippen molar-refractivity contribution in [3.8, 4) is 5.75 Å². The number of aromatic nitrogens is 2. The molecule has 1 aromatic heterocycles. The molecular formula is C19H23N3O4S. The Balaban J connectivity index is 1.55. The third kappa shape index (κ3) is 3.69. The fourth-order valence-electron chi connectivity index (χ4n) is 3.68. The van der Waals surface area contributed by atoms with Gasteiger partial charge in [-0.2, -0.15) is 0 Å². The molecule has 1 N–H and O–H groups in total. The van der Waals surface area contributed by atoms with Gasteiger partial charge in [0.15, 0.2) is 0 Å². The molecule has 7 nitrogen and oxygen atoms in total. The van der Waals surface area contributed by atoms with Crippen LogP contribution >= 0.6 is 11.3 Å². The molecule has 2 aliphatic heterocycles. The first-order valence-corrected chi connectivity index (χ1v) is 10.0. The van der Waals surface area contributed by atoms with E-state index in [9.17, 15) is 4.79 Å². The van der Waals surface area contributed by atoms with Crippen molar-refractivity contribution in [1.29, 1.82) is 0 Å². The molecule has 0 radical (unpaired) electrons. The van der Waals surface area contributed by atoms with E-state index in [0.29, 0.717) is 31.2 Å². The average molecular weight is 389 g/mol. The second-order valence-electron chi connectivity index (χ2n) is 6.82. The molecule has 2 aliphatic rings. The van der Waals surface area contributed by atoms with E-state index in [4.69, 9.17) is 14.2 Å². The highest BCUT2D eigenvalue weighted by atomic mass is 32.1. The van der Waals surface area contributed by atoms with Crippen LogP contribution in [-0.4, -0.2) is 43.0 Å². The summed E-state index contributed by atoms with van der Waals surface area (Å²) in [6.45, 7) is 1.86. The first-order valence-electron chi connectivity index (χ1n) is 9.20. The lowest BCUT2D eigenvalue weighted by molar-refractivity contribution is -0.125. The number of carbonyl (C=O) groups is 1. The van der Waals surface area contributed by atoms with E-state index in [0.717, 1.165) is 35.8 Å². The lowest BCUT2D eigenvalue weighted by atomic mass is 9.73. The van der Waals surface area contributed by atoms with Crippen molar-refractivity contribution in [3.63, 3.8) is 0 Å². The fraction of sp³-hybridized carbons (Fsp3) is 0.526. The summed E-state index contributed by atoms with van der Waals surface area (Å²) in [6, 6.07) is 7.70. The second kappa shape index (κ2) is 7.92. The Labute approximate surface area is 162 Å². The van der Waals surface area contributed by atoms with Crippen molar-refractivity contribution < 1.29 is 19.0 Å². The van der Waals surface area contributed by atoms with Gasteiger partial charge in [-0.15, -0.1) is 10.2 Å². The van der Waals surface area contributed by atoms with Crippen LogP contribution in [0.3, 0.4) is 0 Å². The topological polar surface area (TPSA) is 82.6 Å². The van der Waals surface area contributed by atoms with Crippen LogP contribution < -0.4 is 10.1 Å². The molecule has 0 aliphatic carbocycles. The summed E-state index contributed by atoms with van der Waals surface area (Å²) in [4.78, 5) is 13.3. The zero-order chi connectivity index (χ0) is 18.7. The lowest BCUT2D eigenvalue weighted by Crippen LogP contribution is -2.44. The Morgan fingerprint density at radius 1 is 1.22 bits per heavy atom. The zero-order valence-electron chi connectivity index (χ0n) is 15.3. The minimum Gasteiger partial charge on any atom is -0.497 e. The number of benzene rings is 1. The molecule has 8 heteroatoms. The average Bonchev–Trinajstić information content (AvgIpc) is 3.40. The summed E-state index contributed by atoms with van der Waals surface area (Å²) < 4.78 is 16.4. The molecule has 2 fully saturated rings. The van der Waals surface area contributed by atoms with Gasteiger partial charge in [0.2, 0.25) is 11.0 Å². The monoisotopic (exact) mass is 389 g/mol. The summed E-state index contributed by atoms with van der Waals surface area (Å²) in [6.07, 6.45) is 3.25. The predicted molar refractivity (Wildman–Crippen MR) is 101 cm³/mol. The molecule has 1 amide bonds. The number of hydrogen-bond acceptors (Lipinski definition) is 7. The molecule has 1 aromatic carbocycles. The predicted octanol–water partition coefficient (Wildman–Crippen LogP) is 3.09. The number of methoxy groups -OCH3 is 1. The maximum Gasteiger partial charge on any atom is 0.237 e. The fourth-order valence-corrected chi connectivity index (χ4v) is 4.50. The van der Waals surface area contributed by atoms with Gasteiger partial charge in [-0.05, 0) is 43.4 Å². The van der Waals surface area contributed by atoms with Crippen LogP contribution in [0.5, 0.6) is 5.75 Å². The molecule has 1 unspecified atom stereocenters. The summed E-state index contributed by atoms with van der Waals surface area (Å²) in [5, 5.41) is 12.7. The largest absolute Gasteiger partial charge is 0.497 e. The van der Waals surface area contributed by atoms with Gasteiger partial charge in [0.05, 0.1) is 12.5 Å². The second-order valence-corrected chi connectivity index (χ2v) is 7.83. The number of rotatable bonds is 5. The SMILES string of the molecule is COc1ccc(C2(C(=O)Nc3nnc(C4CCCO4)s3)CCOCC2)cc1. The molecule has 2 aromatic rings. The van der Waals surface area contributed by atoms with Crippen LogP contribution in [0.2, 0.25) is 0 Å². The van der Waals surface area contributed by atoms with E-state index in [1.165, 1.54) is 11.3 Å². The minimum absolute atomic E-state index is 0.00628. The number of ether oxygens (including phenoxy) is 3. The van der Waals surface area contributed by atoms with Gasteiger partial charge in [0.1, 0.15) is 16.9 Å². The zero-order valence-corrected chi connectivity index (χ0v) is 16.1. The standard InChI is InChI=1S/C19H23N3O4S/c1-24-14-6-4-13(5-7-14)19(8-11-25-12-9-19)17(23)20-18-22-21-16(27-18)15-3-2-10-26-15/h4-7,15H,2-3,8-12H2,1H3,(H,20,22,23). The van der Waals surface area contributed by atoms with Crippen LogP contribution in [-0.2, 0) is 19.7 Å². The van der Waals surface area contributed by atoms with Gasteiger partial charge in [-0.1, -0.05) is 23.5 Å². The Kier molecular flexibility index (Phi) is 5.38. The van der Waals surface area contributed by atoms with Crippen LogP contribution in [0.4, 0.5) is 5.13 Å². The van der Waals surface area contributed by atoms with Gasteiger partial charge in [-0.3, -0.25) is 10.1 Å². The smallest absolute Gasteiger partial charge is 0.237 e. The highest BCUT2D eigenvalue weighted by Gasteiger charge is 2.42. The number of amides is 1. The first-order chi connectivity index (χ1) is 13.2. The van der Waals surface area contributed by atoms with Gasteiger partial charge < -0.3 is 14.2 Å². The van der Waals surface area contributed by atoms with E-state index in [-0.39, 0.29) is 12.0 Å². The van der Waals surface area contributed by atoms with Crippen LogP contribution in [0.1, 0.15) is 42.4 Å². The number of hydrogen-bond donors (Lipinski definition) is 1. The minimum atomic E-state index is -0.639. The Bertz CT molecular complexity index is 781. The Hall–Kier alpha value is -2.03. The molecular weight excluding hydrogens is 366 g/mol. The Morgan fingerprint density at radius 3 is 2.67 bits per heavy atom. The van der Waals surface area contributed by atoms with Crippen molar-refractivity contribution in [3.05, 3.63) is 34.8 Å². The van der Waals surface area contributed by atoms with E-state index >= 15 is 0 Å². The molecule has 1 atom stereocenters. The van der Waals surface area contributed by atoms with E-state index in [2.05, 4.69) is 15.5 Å². The summed E-state index contributed by atoms with van der Waals surface area (Å²) >= 11 is 1.39. The lowest BCUT2D eigenvalue weighted by Gasteiger charge is -2.36. The van der Waals surface area contributed by atoms with Gasteiger partial charge >= 0.3 is 0 Å². The van der Waals surface area contributed by atoms with Crippen LogP contribution in [0.15, 0.2) is 24.3 Å². The van der Waals surface area contributed by atoms with Crippen molar-refractivity contribution in [2.45, 2.75) is 37.2 Å². The third-order valence-electron chi connectivity index (χ3n) is 5.29. The first kappa shape index (κ1) is 18.3. The maximum absolute atomic E-state index is 13.3. The maximum atomic E-state index is 13.3. The molecule has 3 heterocycles. The van der Waals surface area contributed by atoms with Gasteiger partial charge in [0.25, 0.3) is 0 Å². The van der Waals surface area contributed by atoms with E-state index < -0.39 is 5.41 Å². The summed E-state index contributed by atoms with van der Waals surface area (Å²) in [7, 11) is 1.63. The molecule has 0 bridgehead atoms. The number of anilines is 1. The van der Waals surface area contributed by atoms with Crippen molar-refractivity contribution in [2.75, 3.05) is 32.2 Å². The normalized spacial score (nSPS) is 21.7. The highest BCUT2D eigenvalue weighted by molar-refractivity contribution is 7.15. The van der Waals surface area contributed by atoms with Gasteiger partial charge in [0, 0.05) is 19.8 Å². The van der Waals surface area contributed by atoms with E-state index in [1.807, 2.05) is 24.3 Å². The third-order valence-corrected chi connectivity index (χ3v) is 6.22. The number of nitrogens with zero attached hydrogens (tertiary/aromatic N) is 2. The van der Waals surface area contributed by atoms with E-state index in [1.54, 1.807) is 7.11 Å². The molecule has 0 saturated carbocycles. The summed E-state index contributed by atoms with van der Waals surface area (Å²) in [5.41, 5.74) is 0.327. The molecule has 144 valence electrons.